The number of aliphatic hydroxyl groups excluding tert-OH is 1. The molecule has 0 saturated carbocycles. The summed E-state index contributed by atoms with van der Waals surface area (Å²) in [5.41, 5.74) is 0.720. The zero-order valence-corrected chi connectivity index (χ0v) is 8.34. The summed E-state index contributed by atoms with van der Waals surface area (Å²) in [5.74, 6) is 0.0928. The summed E-state index contributed by atoms with van der Waals surface area (Å²) < 4.78 is 10.00. The van der Waals surface area contributed by atoms with Crippen LogP contribution in [0.25, 0.3) is 0 Å². The van der Waals surface area contributed by atoms with E-state index in [1.807, 2.05) is 6.07 Å². The number of rotatable bonds is 1. The average Bonchev–Trinajstić information content (AvgIpc) is 2.28. The molecule has 0 unspecified atom stereocenters. The normalized spacial score (nSPS) is 23.9. The van der Waals surface area contributed by atoms with Gasteiger partial charge in [0.1, 0.15) is 5.75 Å². The number of carbonyl (C=O) groups is 1. The van der Waals surface area contributed by atoms with Crippen molar-refractivity contribution in [2.75, 3.05) is 7.11 Å². The van der Waals surface area contributed by atoms with Crippen molar-refractivity contribution in [3.05, 3.63) is 29.8 Å². The van der Waals surface area contributed by atoms with Crippen LogP contribution in [0.15, 0.2) is 24.3 Å². The van der Waals surface area contributed by atoms with Crippen molar-refractivity contribution < 1.29 is 19.4 Å². The summed E-state index contributed by atoms with van der Waals surface area (Å²) in [6.45, 7) is 0. The van der Waals surface area contributed by atoms with E-state index in [0.29, 0.717) is 5.75 Å². The maximum absolute atomic E-state index is 11.3. The van der Waals surface area contributed by atoms with Crippen LogP contribution in [0.4, 0.5) is 0 Å². The van der Waals surface area contributed by atoms with Crippen molar-refractivity contribution in [1.29, 1.82) is 0 Å². The molecule has 0 fully saturated rings. The van der Waals surface area contributed by atoms with E-state index in [0.717, 1.165) is 5.56 Å². The molecule has 1 aliphatic rings. The van der Waals surface area contributed by atoms with Gasteiger partial charge in [0.15, 0.2) is 6.10 Å². The minimum atomic E-state index is -0.708. The molecular weight excluding hydrogens is 196 g/mol. The lowest BCUT2D eigenvalue weighted by atomic mass is 9.99. The summed E-state index contributed by atoms with van der Waals surface area (Å²) in [7, 11) is 1.30. The summed E-state index contributed by atoms with van der Waals surface area (Å²) in [5, 5.41) is 9.79. The molecule has 0 spiro atoms. The largest absolute Gasteiger partial charge is 0.478 e. The first-order chi connectivity index (χ1) is 7.22. The van der Waals surface area contributed by atoms with Gasteiger partial charge in [0.2, 0.25) is 0 Å². The Hall–Kier alpha value is -1.55. The van der Waals surface area contributed by atoms with Crippen LogP contribution in [-0.2, 0) is 9.53 Å². The molecule has 2 atom stereocenters. The molecule has 1 aliphatic heterocycles. The molecule has 4 nitrogen and oxygen atoms in total. The SMILES string of the molecule is COC(=O)[C@@H]1C[C@H](O)c2ccccc2O1. The van der Waals surface area contributed by atoms with Gasteiger partial charge in [0, 0.05) is 12.0 Å². The quantitative estimate of drug-likeness (QED) is 0.701. The van der Waals surface area contributed by atoms with E-state index in [4.69, 9.17) is 4.74 Å². The Labute approximate surface area is 87.4 Å². The number of hydrogen-bond acceptors (Lipinski definition) is 4. The minimum Gasteiger partial charge on any atom is -0.478 e. The highest BCUT2D eigenvalue weighted by atomic mass is 16.6. The number of esters is 1. The number of aliphatic hydroxyl groups is 1. The van der Waals surface area contributed by atoms with Crippen molar-refractivity contribution in [2.24, 2.45) is 0 Å². The van der Waals surface area contributed by atoms with Crippen LogP contribution in [0.2, 0.25) is 0 Å². The molecule has 1 N–H and O–H groups in total. The third kappa shape index (κ3) is 1.80. The smallest absolute Gasteiger partial charge is 0.347 e. The van der Waals surface area contributed by atoms with Crippen LogP contribution in [0.3, 0.4) is 0 Å². The summed E-state index contributed by atoms with van der Waals surface area (Å²) in [6.07, 6.45) is -1.14. The lowest BCUT2D eigenvalue weighted by molar-refractivity contribution is -0.151. The Morgan fingerprint density at radius 2 is 2.27 bits per heavy atom. The zero-order valence-electron chi connectivity index (χ0n) is 8.34. The predicted octanol–water partition coefficient (Wildman–Crippen LogP) is 1.04. The van der Waals surface area contributed by atoms with Crippen LogP contribution in [0.1, 0.15) is 18.1 Å². The van der Waals surface area contributed by atoms with Crippen molar-refractivity contribution >= 4 is 5.97 Å². The first-order valence-corrected chi connectivity index (χ1v) is 4.74. The van der Waals surface area contributed by atoms with Gasteiger partial charge >= 0.3 is 5.97 Å². The van der Waals surface area contributed by atoms with E-state index in [-0.39, 0.29) is 6.42 Å². The van der Waals surface area contributed by atoms with Gasteiger partial charge in [-0.25, -0.2) is 4.79 Å². The van der Waals surface area contributed by atoms with Gasteiger partial charge in [-0.15, -0.1) is 0 Å². The highest BCUT2D eigenvalue weighted by molar-refractivity contribution is 5.75. The van der Waals surface area contributed by atoms with Gasteiger partial charge in [-0.2, -0.15) is 0 Å². The van der Waals surface area contributed by atoms with E-state index < -0.39 is 18.2 Å². The van der Waals surface area contributed by atoms with E-state index in [1.54, 1.807) is 18.2 Å². The molecule has 0 saturated heterocycles. The van der Waals surface area contributed by atoms with Crippen molar-refractivity contribution in [3.8, 4) is 5.75 Å². The fourth-order valence-corrected chi connectivity index (χ4v) is 1.67. The number of para-hydroxylation sites is 1. The molecule has 2 rings (SSSR count). The lowest BCUT2D eigenvalue weighted by Gasteiger charge is -2.27. The monoisotopic (exact) mass is 208 g/mol. The highest BCUT2D eigenvalue weighted by Gasteiger charge is 2.31. The van der Waals surface area contributed by atoms with Gasteiger partial charge in [-0.05, 0) is 6.07 Å². The standard InChI is InChI=1S/C11H12O4/c1-14-11(13)10-6-8(12)7-4-2-3-5-9(7)15-10/h2-5,8,10,12H,6H2,1H3/t8-,10-/m0/s1. The molecule has 0 aliphatic carbocycles. The Bertz CT molecular complexity index is 375. The third-order valence-electron chi connectivity index (χ3n) is 2.45. The van der Waals surface area contributed by atoms with Gasteiger partial charge < -0.3 is 14.6 Å². The van der Waals surface area contributed by atoms with Crippen molar-refractivity contribution in [1.82, 2.24) is 0 Å². The molecular formula is C11H12O4. The summed E-state index contributed by atoms with van der Waals surface area (Å²) >= 11 is 0. The first kappa shape index (κ1) is 9.98. The Morgan fingerprint density at radius 1 is 1.53 bits per heavy atom. The maximum Gasteiger partial charge on any atom is 0.347 e. The van der Waals surface area contributed by atoms with Gasteiger partial charge in [0.05, 0.1) is 13.2 Å². The average molecular weight is 208 g/mol. The summed E-state index contributed by atoms with van der Waals surface area (Å²) in [6, 6.07) is 7.14. The number of methoxy groups -OCH3 is 1. The Kier molecular flexibility index (Phi) is 2.60. The molecule has 4 heteroatoms. The van der Waals surface area contributed by atoms with Crippen molar-refractivity contribution in [2.45, 2.75) is 18.6 Å². The third-order valence-corrected chi connectivity index (χ3v) is 2.45. The van der Waals surface area contributed by atoms with Gasteiger partial charge in [0.25, 0.3) is 0 Å². The number of fused-ring (bicyclic) bond motifs is 1. The van der Waals surface area contributed by atoms with E-state index >= 15 is 0 Å². The molecule has 0 aromatic heterocycles. The molecule has 1 heterocycles. The molecule has 0 bridgehead atoms. The maximum atomic E-state index is 11.3. The van der Waals surface area contributed by atoms with Crippen LogP contribution >= 0.6 is 0 Å². The molecule has 15 heavy (non-hydrogen) atoms. The highest BCUT2D eigenvalue weighted by Crippen LogP contribution is 2.34. The number of ether oxygens (including phenoxy) is 2. The number of hydrogen-bond donors (Lipinski definition) is 1. The van der Waals surface area contributed by atoms with Crippen LogP contribution in [-0.4, -0.2) is 24.3 Å². The number of benzene rings is 1. The number of carbonyl (C=O) groups excluding carboxylic acids is 1. The first-order valence-electron chi connectivity index (χ1n) is 4.74. The molecule has 1 aromatic carbocycles. The minimum absolute atomic E-state index is 0.240. The zero-order chi connectivity index (χ0) is 10.8. The lowest BCUT2D eigenvalue weighted by Crippen LogP contribution is -2.33. The van der Waals surface area contributed by atoms with Gasteiger partial charge in [-0.3, -0.25) is 0 Å². The predicted molar refractivity (Wildman–Crippen MR) is 52.5 cm³/mol. The van der Waals surface area contributed by atoms with Crippen LogP contribution < -0.4 is 4.74 Å². The molecule has 80 valence electrons. The van der Waals surface area contributed by atoms with E-state index in [9.17, 15) is 9.90 Å². The fraction of sp³-hybridized carbons (Fsp3) is 0.364. The van der Waals surface area contributed by atoms with Crippen LogP contribution in [0.5, 0.6) is 5.75 Å². The van der Waals surface area contributed by atoms with E-state index in [1.165, 1.54) is 7.11 Å². The second kappa shape index (κ2) is 3.90. The van der Waals surface area contributed by atoms with Crippen molar-refractivity contribution in [3.63, 3.8) is 0 Å². The molecule has 0 amide bonds. The Balaban J connectivity index is 2.26. The Morgan fingerprint density at radius 3 is 3.00 bits per heavy atom. The van der Waals surface area contributed by atoms with Gasteiger partial charge in [-0.1, -0.05) is 18.2 Å². The summed E-state index contributed by atoms with van der Waals surface area (Å²) in [4.78, 5) is 11.3. The second-order valence-corrected chi connectivity index (χ2v) is 3.42. The second-order valence-electron chi connectivity index (χ2n) is 3.42. The molecule has 0 radical (unpaired) electrons. The van der Waals surface area contributed by atoms with Crippen LogP contribution in [0, 0.1) is 0 Å². The molecule has 1 aromatic rings. The fourth-order valence-electron chi connectivity index (χ4n) is 1.67. The van der Waals surface area contributed by atoms with E-state index in [2.05, 4.69) is 4.74 Å². The topological polar surface area (TPSA) is 55.8 Å².